The molecule has 0 bridgehead atoms. The van der Waals surface area contributed by atoms with Gasteiger partial charge in [0.2, 0.25) is 5.91 Å². The molecule has 152 valence electrons. The summed E-state index contributed by atoms with van der Waals surface area (Å²) in [7, 11) is 1.93. The number of carbonyl (C=O) groups is 2. The topological polar surface area (TPSA) is 88.9 Å². The average Bonchev–Trinajstić information content (AvgIpc) is 3.46. The number of nitrogens with one attached hydrogen (secondary N) is 2. The van der Waals surface area contributed by atoms with Crippen molar-refractivity contribution in [3.8, 4) is 22.0 Å². The lowest BCUT2D eigenvalue weighted by Crippen LogP contribution is -2.18. The van der Waals surface area contributed by atoms with Crippen molar-refractivity contribution in [2.45, 2.75) is 13.5 Å². The first-order valence-electron chi connectivity index (χ1n) is 9.19. The molecule has 0 spiro atoms. The van der Waals surface area contributed by atoms with Crippen molar-refractivity contribution >= 4 is 39.6 Å². The van der Waals surface area contributed by atoms with Crippen LogP contribution >= 0.6 is 22.7 Å². The maximum atomic E-state index is 12.7. The Balaban J connectivity index is 1.61. The SMILES string of the molecule is CC(=O)NCc1ccc(C(=O)Nc2nc(-c3ccccc3)c(-c3nccn3C)s2)s1. The van der Waals surface area contributed by atoms with E-state index in [9.17, 15) is 9.59 Å². The summed E-state index contributed by atoms with van der Waals surface area (Å²) in [5.74, 6) is 0.460. The van der Waals surface area contributed by atoms with Gasteiger partial charge in [-0.1, -0.05) is 41.7 Å². The molecular formula is C21H19N5O2S2. The number of aromatic nitrogens is 3. The minimum Gasteiger partial charge on any atom is -0.351 e. The Hall–Kier alpha value is -3.30. The van der Waals surface area contributed by atoms with Gasteiger partial charge in [0.05, 0.1) is 22.0 Å². The number of benzene rings is 1. The highest BCUT2D eigenvalue weighted by molar-refractivity contribution is 7.19. The molecule has 7 nitrogen and oxygen atoms in total. The van der Waals surface area contributed by atoms with Crippen molar-refractivity contribution in [1.29, 1.82) is 0 Å². The molecule has 0 saturated heterocycles. The van der Waals surface area contributed by atoms with E-state index in [1.165, 1.54) is 29.6 Å². The molecule has 3 heterocycles. The predicted molar refractivity (Wildman–Crippen MR) is 120 cm³/mol. The monoisotopic (exact) mass is 437 g/mol. The van der Waals surface area contributed by atoms with E-state index in [-0.39, 0.29) is 11.8 Å². The van der Waals surface area contributed by atoms with E-state index in [1.807, 2.05) is 54.2 Å². The van der Waals surface area contributed by atoms with Gasteiger partial charge in [-0.2, -0.15) is 0 Å². The summed E-state index contributed by atoms with van der Waals surface area (Å²) in [6.07, 6.45) is 3.62. The minimum absolute atomic E-state index is 0.104. The maximum Gasteiger partial charge on any atom is 0.267 e. The van der Waals surface area contributed by atoms with Crippen LogP contribution in [0.25, 0.3) is 22.0 Å². The summed E-state index contributed by atoms with van der Waals surface area (Å²) in [6, 6.07) is 13.4. The molecule has 0 atom stereocenters. The smallest absolute Gasteiger partial charge is 0.267 e. The number of imidazole rings is 1. The number of rotatable bonds is 6. The molecule has 0 radical (unpaired) electrons. The Morgan fingerprint density at radius 3 is 2.60 bits per heavy atom. The number of thiophene rings is 1. The van der Waals surface area contributed by atoms with Crippen LogP contribution in [0.4, 0.5) is 5.13 Å². The minimum atomic E-state index is -0.228. The van der Waals surface area contributed by atoms with E-state index in [0.717, 1.165) is 26.8 Å². The van der Waals surface area contributed by atoms with E-state index >= 15 is 0 Å². The zero-order valence-electron chi connectivity index (χ0n) is 16.4. The van der Waals surface area contributed by atoms with Gasteiger partial charge in [0.15, 0.2) is 11.0 Å². The number of amides is 2. The Bertz CT molecular complexity index is 1190. The lowest BCUT2D eigenvalue weighted by Gasteiger charge is -2.02. The van der Waals surface area contributed by atoms with Crippen LogP contribution in [0.15, 0.2) is 54.9 Å². The molecule has 4 rings (SSSR count). The molecule has 3 aromatic heterocycles. The van der Waals surface area contributed by atoms with E-state index in [1.54, 1.807) is 12.3 Å². The second-order valence-electron chi connectivity index (χ2n) is 6.55. The van der Waals surface area contributed by atoms with Crippen molar-refractivity contribution < 1.29 is 9.59 Å². The molecule has 0 aliphatic heterocycles. The third kappa shape index (κ3) is 4.32. The van der Waals surface area contributed by atoms with Crippen LogP contribution in [-0.4, -0.2) is 26.3 Å². The fraction of sp³-hybridized carbons (Fsp3) is 0.143. The highest BCUT2D eigenvalue weighted by atomic mass is 32.1. The van der Waals surface area contributed by atoms with Crippen molar-refractivity contribution in [3.05, 3.63) is 64.6 Å². The fourth-order valence-electron chi connectivity index (χ4n) is 2.87. The first-order chi connectivity index (χ1) is 14.5. The molecule has 0 fully saturated rings. The van der Waals surface area contributed by atoms with Crippen molar-refractivity contribution in [1.82, 2.24) is 19.9 Å². The van der Waals surface area contributed by atoms with Gasteiger partial charge in [0, 0.05) is 36.8 Å². The molecule has 30 heavy (non-hydrogen) atoms. The summed E-state index contributed by atoms with van der Waals surface area (Å²) in [6.45, 7) is 1.87. The molecular weight excluding hydrogens is 418 g/mol. The normalized spacial score (nSPS) is 10.7. The Kier molecular flexibility index (Phi) is 5.73. The number of nitrogens with zero attached hydrogens (tertiary/aromatic N) is 3. The second kappa shape index (κ2) is 8.60. The van der Waals surface area contributed by atoms with E-state index in [0.29, 0.717) is 16.6 Å². The maximum absolute atomic E-state index is 12.7. The predicted octanol–water partition coefficient (Wildman–Crippen LogP) is 4.16. The lowest BCUT2D eigenvalue weighted by atomic mass is 10.1. The van der Waals surface area contributed by atoms with Crippen molar-refractivity contribution in [3.63, 3.8) is 0 Å². The van der Waals surface area contributed by atoms with Gasteiger partial charge < -0.3 is 9.88 Å². The van der Waals surface area contributed by atoms with Crippen LogP contribution in [0.5, 0.6) is 0 Å². The molecule has 2 N–H and O–H groups in total. The second-order valence-corrected chi connectivity index (χ2v) is 8.72. The number of aryl methyl sites for hydroxylation is 1. The Labute approximate surface area is 181 Å². The first kappa shape index (κ1) is 20.0. The van der Waals surface area contributed by atoms with Crippen LogP contribution in [0.2, 0.25) is 0 Å². The molecule has 2 amide bonds. The molecule has 0 aliphatic carbocycles. The largest absolute Gasteiger partial charge is 0.351 e. The van der Waals surface area contributed by atoms with Gasteiger partial charge in [-0.3, -0.25) is 14.9 Å². The van der Waals surface area contributed by atoms with Crippen molar-refractivity contribution in [2.24, 2.45) is 7.05 Å². The zero-order valence-corrected chi connectivity index (χ0v) is 18.0. The van der Waals surface area contributed by atoms with E-state index in [4.69, 9.17) is 4.98 Å². The molecule has 0 unspecified atom stereocenters. The number of hydrogen-bond acceptors (Lipinski definition) is 6. The van der Waals surface area contributed by atoms with Crippen LogP contribution in [0.1, 0.15) is 21.5 Å². The van der Waals surface area contributed by atoms with Gasteiger partial charge in [-0.25, -0.2) is 9.97 Å². The van der Waals surface area contributed by atoms with Crippen molar-refractivity contribution in [2.75, 3.05) is 5.32 Å². The van der Waals surface area contributed by atoms with Gasteiger partial charge in [-0.05, 0) is 12.1 Å². The third-order valence-electron chi connectivity index (χ3n) is 4.32. The van der Waals surface area contributed by atoms with Crippen LogP contribution in [-0.2, 0) is 18.4 Å². The molecule has 4 aromatic rings. The quantitative estimate of drug-likeness (QED) is 0.474. The van der Waals surface area contributed by atoms with Gasteiger partial charge in [-0.15, -0.1) is 11.3 Å². The number of carbonyl (C=O) groups excluding carboxylic acids is 2. The highest BCUT2D eigenvalue weighted by Crippen LogP contribution is 2.38. The highest BCUT2D eigenvalue weighted by Gasteiger charge is 2.20. The Morgan fingerprint density at radius 1 is 1.10 bits per heavy atom. The number of anilines is 1. The van der Waals surface area contributed by atoms with E-state index < -0.39 is 0 Å². The van der Waals surface area contributed by atoms with Crippen LogP contribution < -0.4 is 10.6 Å². The standard InChI is InChI=1S/C21H19N5O2S2/c1-13(27)23-12-15-8-9-16(29-15)20(28)25-21-24-17(14-6-4-3-5-7-14)18(30-21)19-22-10-11-26(19)2/h3-11H,12H2,1-2H3,(H,23,27)(H,24,25,28). The van der Waals surface area contributed by atoms with Gasteiger partial charge >= 0.3 is 0 Å². The first-order valence-corrected chi connectivity index (χ1v) is 10.8. The number of thiazole rings is 1. The fourth-order valence-corrected chi connectivity index (χ4v) is 4.73. The summed E-state index contributed by atoms with van der Waals surface area (Å²) in [5, 5.41) is 6.14. The Morgan fingerprint density at radius 2 is 1.90 bits per heavy atom. The third-order valence-corrected chi connectivity index (χ3v) is 6.37. The van der Waals surface area contributed by atoms with Gasteiger partial charge in [0.25, 0.3) is 5.91 Å². The lowest BCUT2D eigenvalue weighted by molar-refractivity contribution is -0.119. The summed E-state index contributed by atoms with van der Waals surface area (Å²) in [5.41, 5.74) is 1.74. The molecule has 9 heteroatoms. The zero-order chi connectivity index (χ0) is 21.1. The average molecular weight is 438 g/mol. The molecule has 0 saturated carbocycles. The van der Waals surface area contributed by atoms with Crippen LogP contribution in [0, 0.1) is 0 Å². The molecule has 0 aliphatic rings. The summed E-state index contributed by atoms with van der Waals surface area (Å²) < 4.78 is 1.93. The summed E-state index contributed by atoms with van der Waals surface area (Å²) in [4.78, 5) is 35.3. The van der Waals surface area contributed by atoms with Crippen LogP contribution in [0.3, 0.4) is 0 Å². The van der Waals surface area contributed by atoms with E-state index in [2.05, 4.69) is 15.6 Å². The number of hydrogen-bond donors (Lipinski definition) is 2. The van der Waals surface area contributed by atoms with Gasteiger partial charge in [0.1, 0.15) is 0 Å². The molecule has 1 aromatic carbocycles. The summed E-state index contributed by atoms with van der Waals surface area (Å²) >= 11 is 2.73.